The first-order valence-electron chi connectivity index (χ1n) is 8.60. The van der Waals surface area contributed by atoms with Gasteiger partial charge in [-0.05, 0) is 36.2 Å². The van der Waals surface area contributed by atoms with Gasteiger partial charge in [0.2, 0.25) is 0 Å². The van der Waals surface area contributed by atoms with Crippen LogP contribution in [0.5, 0.6) is 0 Å². The van der Waals surface area contributed by atoms with Gasteiger partial charge < -0.3 is 10.2 Å². The monoisotopic (exact) mass is 362 g/mol. The topological polar surface area (TPSA) is 32.3 Å². The molecule has 1 aliphatic rings. The van der Waals surface area contributed by atoms with Crippen LogP contribution >= 0.6 is 11.6 Å². The van der Waals surface area contributed by atoms with E-state index in [-0.39, 0.29) is 12.1 Å². The van der Waals surface area contributed by atoms with Crippen LogP contribution < -0.4 is 5.32 Å². The fourth-order valence-electron chi connectivity index (χ4n) is 3.38. The maximum absolute atomic E-state index is 13.0. The van der Waals surface area contributed by atoms with Crippen LogP contribution in [0.25, 0.3) is 0 Å². The lowest BCUT2D eigenvalue weighted by Gasteiger charge is -2.28. The van der Waals surface area contributed by atoms with Crippen LogP contribution in [0.2, 0.25) is 5.02 Å². The number of rotatable bonds is 4. The van der Waals surface area contributed by atoms with Crippen LogP contribution in [0.15, 0.2) is 72.8 Å². The summed E-state index contributed by atoms with van der Waals surface area (Å²) in [5.74, 6) is 0.0200. The lowest BCUT2D eigenvalue weighted by molar-refractivity contribution is 0.0729. The summed E-state index contributed by atoms with van der Waals surface area (Å²) in [7, 11) is 0. The fourth-order valence-corrected chi connectivity index (χ4v) is 3.58. The van der Waals surface area contributed by atoms with E-state index in [1.54, 1.807) is 0 Å². The molecule has 1 aliphatic heterocycles. The average Bonchev–Trinajstić information content (AvgIpc) is 2.91. The quantitative estimate of drug-likeness (QED) is 0.672. The Balaban J connectivity index is 1.73. The molecule has 4 rings (SSSR count). The number of hydrogen-bond acceptors (Lipinski definition) is 2. The maximum atomic E-state index is 13.0. The average molecular weight is 363 g/mol. The summed E-state index contributed by atoms with van der Waals surface area (Å²) in [6.07, 6.45) is -0.226. The predicted octanol–water partition coefficient (Wildman–Crippen LogP) is 5.42. The van der Waals surface area contributed by atoms with Gasteiger partial charge in [0.25, 0.3) is 5.91 Å². The summed E-state index contributed by atoms with van der Waals surface area (Å²) < 4.78 is 0. The van der Waals surface area contributed by atoms with Gasteiger partial charge in [-0.25, -0.2) is 0 Å². The Morgan fingerprint density at radius 1 is 0.962 bits per heavy atom. The van der Waals surface area contributed by atoms with Gasteiger partial charge in [0.15, 0.2) is 0 Å². The molecule has 0 fully saturated rings. The minimum absolute atomic E-state index is 0.0200. The molecule has 1 heterocycles. The van der Waals surface area contributed by atoms with E-state index in [2.05, 4.69) is 18.3 Å². The zero-order valence-corrected chi connectivity index (χ0v) is 15.2. The third kappa shape index (κ3) is 2.95. The molecule has 3 nitrogen and oxygen atoms in total. The third-order valence-corrected chi connectivity index (χ3v) is 5.16. The maximum Gasteiger partial charge on any atom is 0.256 e. The molecule has 3 aromatic carbocycles. The number of amides is 1. The highest BCUT2D eigenvalue weighted by molar-refractivity contribution is 6.31. The summed E-state index contributed by atoms with van der Waals surface area (Å²) in [6.45, 7) is 2.51. The third-order valence-electron chi connectivity index (χ3n) is 4.79. The highest BCUT2D eigenvalue weighted by atomic mass is 35.5. The van der Waals surface area contributed by atoms with Gasteiger partial charge in [-0.2, -0.15) is 0 Å². The number of anilines is 1. The second kappa shape index (κ2) is 6.85. The van der Waals surface area contributed by atoms with Gasteiger partial charge in [0.1, 0.15) is 6.17 Å². The molecule has 0 spiro atoms. The second-order valence-corrected chi connectivity index (χ2v) is 6.88. The summed E-state index contributed by atoms with van der Waals surface area (Å²) >= 11 is 6.34. The Labute approximate surface area is 158 Å². The van der Waals surface area contributed by atoms with E-state index >= 15 is 0 Å². The van der Waals surface area contributed by atoms with E-state index < -0.39 is 0 Å². The Morgan fingerprint density at radius 2 is 1.65 bits per heavy atom. The second-order valence-electron chi connectivity index (χ2n) is 6.47. The molecule has 0 aliphatic carbocycles. The molecule has 1 amide bonds. The van der Waals surface area contributed by atoms with Crippen molar-refractivity contribution in [3.63, 3.8) is 0 Å². The molecular weight excluding hydrogens is 344 g/mol. The molecule has 0 aromatic heterocycles. The van der Waals surface area contributed by atoms with Crippen molar-refractivity contribution in [1.29, 1.82) is 0 Å². The first-order valence-corrected chi connectivity index (χ1v) is 8.98. The van der Waals surface area contributed by atoms with E-state index in [1.165, 1.54) is 0 Å². The number of carbonyl (C=O) groups excluding carboxylic acids is 1. The highest BCUT2D eigenvalue weighted by Gasteiger charge is 2.36. The largest absolute Gasteiger partial charge is 0.361 e. The van der Waals surface area contributed by atoms with Gasteiger partial charge in [-0.15, -0.1) is 0 Å². The number of para-hydroxylation sites is 1. The first kappa shape index (κ1) is 16.7. The van der Waals surface area contributed by atoms with Gasteiger partial charge in [-0.3, -0.25) is 4.79 Å². The number of nitrogens with zero attached hydrogens (tertiary/aromatic N) is 1. The van der Waals surface area contributed by atoms with Crippen LogP contribution in [0.1, 0.15) is 33.2 Å². The van der Waals surface area contributed by atoms with E-state index in [4.69, 9.17) is 11.6 Å². The number of benzene rings is 3. The molecule has 1 atom stereocenters. The Bertz CT molecular complexity index is 970. The molecule has 0 radical (unpaired) electrons. The van der Waals surface area contributed by atoms with Crippen molar-refractivity contribution in [3.8, 4) is 0 Å². The minimum atomic E-state index is -0.226. The van der Waals surface area contributed by atoms with E-state index in [0.717, 1.165) is 27.9 Å². The molecule has 1 N–H and O–H groups in total. The lowest BCUT2D eigenvalue weighted by Crippen LogP contribution is -2.32. The molecule has 0 bridgehead atoms. The van der Waals surface area contributed by atoms with Gasteiger partial charge in [0.05, 0.1) is 0 Å². The van der Waals surface area contributed by atoms with Crippen molar-refractivity contribution >= 4 is 23.2 Å². The summed E-state index contributed by atoms with van der Waals surface area (Å²) in [6, 6.07) is 23.5. The van der Waals surface area contributed by atoms with Crippen molar-refractivity contribution in [2.24, 2.45) is 0 Å². The summed E-state index contributed by atoms with van der Waals surface area (Å²) in [4.78, 5) is 14.9. The van der Waals surface area contributed by atoms with Crippen LogP contribution in [0, 0.1) is 6.92 Å². The normalized spacial score (nSPS) is 15.8. The van der Waals surface area contributed by atoms with Gasteiger partial charge >= 0.3 is 0 Å². The van der Waals surface area contributed by atoms with E-state index in [1.807, 2.05) is 71.6 Å². The van der Waals surface area contributed by atoms with E-state index in [0.29, 0.717) is 11.6 Å². The zero-order chi connectivity index (χ0) is 18.1. The molecule has 0 saturated heterocycles. The lowest BCUT2D eigenvalue weighted by atomic mass is 10.1. The summed E-state index contributed by atoms with van der Waals surface area (Å²) in [5, 5.41) is 4.22. The number of hydrogen-bond donors (Lipinski definition) is 1. The van der Waals surface area contributed by atoms with E-state index in [9.17, 15) is 4.79 Å². The molecule has 130 valence electrons. The smallest absolute Gasteiger partial charge is 0.256 e. The Hall–Kier alpha value is -2.78. The highest BCUT2D eigenvalue weighted by Crippen LogP contribution is 2.36. The van der Waals surface area contributed by atoms with Crippen LogP contribution in [-0.4, -0.2) is 10.8 Å². The van der Waals surface area contributed by atoms with Crippen molar-refractivity contribution in [1.82, 2.24) is 4.90 Å². The Kier molecular flexibility index (Phi) is 4.39. The van der Waals surface area contributed by atoms with Crippen LogP contribution in [-0.2, 0) is 6.54 Å². The number of fused-ring (bicyclic) bond motifs is 1. The molecule has 0 unspecified atom stereocenters. The summed E-state index contributed by atoms with van der Waals surface area (Å²) in [5.41, 5.74) is 4.83. The van der Waals surface area contributed by atoms with Crippen LogP contribution in [0.3, 0.4) is 0 Å². The van der Waals surface area contributed by atoms with Gasteiger partial charge in [-0.1, -0.05) is 66.2 Å². The van der Waals surface area contributed by atoms with Crippen molar-refractivity contribution in [2.45, 2.75) is 19.6 Å². The standard InChI is InChI=1S/C22H19ClN2O/c1-15-8-2-7-13-20(15)24-21-17-10-4-5-11-18(17)22(26)25(21)14-16-9-3-6-12-19(16)23/h2-13,21,24H,14H2,1H3/t21-/m0/s1. The minimum Gasteiger partial charge on any atom is -0.361 e. The molecule has 3 aromatic rings. The SMILES string of the molecule is Cc1ccccc1N[C@@H]1c2ccccc2C(=O)N1Cc1ccccc1Cl. The first-order chi connectivity index (χ1) is 12.6. The molecule has 26 heavy (non-hydrogen) atoms. The number of carbonyl (C=O) groups is 1. The number of nitrogens with one attached hydrogen (secondary N) is 1. The zero-order valence-electron chi connectivity index (χ0n) is 14.4. The van der Waals surface area contributed by atoms with Crippen molar-refractivity contribution in [3.05, 3.63) is 100 Å². The number of aryl methyl sites for hydroxylation is 1. The molecular formula is C22H19ClN2O. The fraction of sp³-hybridized carbons (Fsp3) is 0.136. The molecule has 0 saturated carbocycles. The predicted molar refractivity (Wildman–Crippen MR) is 105 cm³/mol. The van der Waals surface area contributed by atoms with Crippen molar-refractivity contribution < 1.29 is 4.79 Å². The number of halogens is 1. The van der Waals surface area contributed by atoms with Crippen molar-refractivity contribution in [2.75, 3.05) is 5.32 Å². The van der Waals surface area contributed by atoms with Gasteiger partial charge in [0, 0.05) is 28.4 Å². The molecule has 4 heteroatoms. The van der Waals surface area contributed by atoms with Crippen LogP contribution in [0.4, 0.5) is 5.69 Å². The Morgan fingerprint density at radius 3 is 2.46 bits per heavy atom.